The van der Waals surface area contributed by atoms with E-state index in [1.807, 2.05) is 18.7 Å². The standard InChI is InChI=1S/C30H48N2O6/c1-6-10-21-37-28(36)24-23-26(34)32(19-13-11-12-14-20-33)25(30(23)17-16-29(24,9-4)38-30)27(35)31(18-8-3)22(5)15-7-2/h6,8,22-25,33H,1,3,7,9-21H2,2,4-5H3/t22?,23-,24+,25?,29-,30?/m0/s1. The molecule has 1 N–H and O–H groups in total. The summed E-state index contributed by atoms with van der Waals surface area (Å²) in [5, 5.41) is 9.14. The molecule has 3 fully saturated rings. The minimum absolute atomic E-state index is 0.0131. The van der Waals surface area contributed by atoms with Crippen LogP contribution in [0.3, 0.4) is 0 Å². The normalized spacial score (nSPS) is 30.3. The molecular formula is C30H48N2O6. The Kier molecular flexibility index (Phi) is 10.6. The molecule has 0 aromatic carbocycles. The SMILES string of the molecule is C=CCCOC(=O)[C@H]1[C@H]2C(=O)N(CCCCCCO)C(C(=O)N(CC=C)C(C)CCC)C23CC[C@]1(CC)O3. The first kappa shape index (κ1) is 30.4. The number of aliphatic hydroxyl groups is 1. The Morgan fingerprint density at radius 1 is 1.21 bits per heavy atom. The number of rotatable bonds is 17. The number of carbonyl (C=O) groups is 3. The van der Waals surface area contributed by atoms with Crippen LogP contribution in [0.25, 0.3) is 0 Å². The van der Waals surface area contributed by atoms with Crippen molar-refractivity contribution < 1.29 is 29.0 Å². The van der Waals surface area contributed by atoms with Crippen molar-refractivity contribution in [1.82, 2.24) is 9.80 Å². The fourth-order valence-corrected chi connectivity index (χ4v) is 7.03. The van der Waals surface area contributed by atoms with Crippen LogP contribution in [0.2, 0.25) is 0 Å². The molecule has 2 bridgehead atoms. The maximum absolute atomic E-state index is 14.4. The van der Waals surface area contributed by atoms with E-state index in [-0.39, 0.29) is 31.1 Å². The Morgan fingerprint density at radius 2 is 1.95 bits per heavy atom. The molecule has 38 heavy (non-hydrogen) atoms. The van der Waals surface area contributed by atoms with E-state index in [4.69, 9.17) is 14.6 Å². The summed E-state index contributed by atoms with van der Waals surface area (Å²) in [6.07, 6.45) is 10.6. The number of hydrogen-bond acceptors (Lipinski definition) is 6. The number of carbonyl (C=O) groups excluding carboxylic acids is 3. The third-order valence-corrected chi connectivity index (χ3v) is 8.89. The highest BCUT2D eigenvalue weighted by Crippen LogP contribution is 2.64. The third kappa shape index (κ3) is 5.44. The number of amides is 2. The number of nitrogens with zero attached hydrogens (tertiary/aromatic N) is 2. The third-order valence-electron chi connectivity index (χ3n) is 8.89. The molecule has 3 aliphatic heterocycles. The molecule has 3 heterocycles. The molecule has 2 amide bonds. The van der Waals surface area contributed by atoms with Gasteiger partial charge in [0.05, 0.1) is 18.1 Å². The average Bonchev–Trinajstić information content (AvgIpc) is 3.50. The molecule has 3 unspecified atom stereocenters. The van der Waals surface area contributed by atoms with Gasteiger partial charge in [0.2, 0.25) is 11.8 Å². The molecule has 0 aromatic rings. The minimum atomic E-state index is -1.04. The van der Waals surface area contributed by atoms with E-state index < -0.39 is 35.0 Å². The zero-order valence-corrected chi connectivity index (χ0v) is 23.7. The number of ether oxygens (including phenoxy) is 2. The summed E-state index contributed by atoms with van der Waals surface area (Å²) in [5.74, 6) is -2.16. The quantitative estimate of drug-likeness (QED) is 0.173. The maximum atomic E-state index is 14.4. The van der Waals surface area contributed by atoms with Gasteiger partial charge in [-0.3, -0.25) is 14.4 Å². The first-order valence-electron chi connectivity index (χ1n) is 14.6. The Labute approximate surface area is 228 Å². The predicted octanol–water partition coefficient (Wildman–Crippen LogP) is 4.02. The number of aliphatic hydroxyl groups excluding tert-OH is 1. The van der Waals surface area contributed by atoms with E-state index in [1.165, 1.54) is 0 Å². The Bertz CT molecular complexity index is 877. The summed E-state index contributed by atoms with van der Waals surface area (Å²) in [6, 6.07) is -0.794. The van der Waals surface area contributed by atoms with Crippen molar-refractivity contribution in [3.63, 3.8) is 0 Å². The van der Waals surface area contributed by atoms with Crippen molar-refractivity contribution in [2.24, 2.45) is 11.8 Å². The lowest BCUT2D eigenvalue weighted by Gasteiger charge is -2.39. The van der Waals surface area contributed by atoms with Crippen molar-refractivity contribution in [3.05, 3.63) is 25.3 Å². The van der Waals surface area contributed by atoms with Crippen LogP contribution in [-0.4, -0.2) is 82.3 Å². The second-order valence-corrected chi connectivity index (χ2v) is 11.2. The molecule has 8 nitrogen and oxygen atoms in total. The van der Waals surface area contributed by atoms with Gasteiger partial charge in [-0.2, -0.15) is 0 Å². The van der Waals surface area contributed by atoms with Crippen LogP contribution in [0.15, 0.2) is 25.3 Å². The first-order valence-corrected chi connectivity index (χ1v) is 14.6. The number of esters is 1. The fraction of sp³-hybridized carbons (Fsp3) is 0.767. The van der Waals surface area contributed by atoms with Crippen LogP contribution in [0.1, 0.15) is 85.0 Å². The van der Waals surface area contributed by atoms with E-state index in [0.29, 0.717) is 45.2 Å². The van der Waals surface area contributed by atoms with Crippen molar-refractivity contribution in [3.8, 4) is 0 Å². The van der Waals surface area contributed by atoms with E-state index in [1.54, 1.807) is 17.1 Å². The molecule has 3 saturated heterocycles. The summed E-state index contributed by atoms with van der Waals surface area (Å²) in [7, 11) is 0. The lowest BCUT2D eigenvalue weighted by Crippen LogP contribution is -2.58. The highest BCUT2D eigenvalue weighted by Gasteiger charge is 2.79. The van der Waals surface area contributed by atoms with Gasteiger partial charge in [-0.25, -0.2) is 0 Å². The van der Waals surface area contributed by atoms with Gasteiger partial charge in [-0.15, -0.1) is 13.2 Å². The van der Waals surface area contributed by atoms with Crippen molar-refractivity contribution >= 4 is 17.8 Å². The average molecular weight is 533 g/mol. The number of hydrogen-bond donors (Lipinski definition) is 1. The fourth-order valence-electron chi connectivity index (χ4n) is 7.03. The molecule has 0 saturated carbocycles. The Balaban J connectivity index is 2.00. The van der Waals surface area contributed by atoms with Gasteiger partial charge in [-0.1, -0.05) is 45.3 Å². The van der Waals surface area contributed by atoms with Crippen LogP contribution >= 0.6 is 0 Å². The summed E-state index contributed by atoms with van der Waals surface area (Å²) >= 11 is 0. The first-order chi connectivity index (χ1) is 18.3. The zero-order chi connectivity index (χ0) is 27.9. The highest BCUT2D eigenvalue weighted by molar-refractivity contribution is 5.98. The Morgan fingerprint density at radius 3 is 2.58 bits per heavy atom. The monoisotopic (exact) mass is 532 g/mol. The lowest BCUT2D eigenvalue weighted by atomic mass is 9.65. The predicted molar refractivity (Wildman–Crippen MR) is 146 cm³/mol. The van der Waals surface area contributed by atoms with Gasteiger partial charge in [0, 0.05) is 25.7 Å². The topological polar surface area (TPSA) is 96.4 Å². The molecule has 8 heteroatoms. The van der Waals surface area contributed by atoms with Crippen LogP contribution in [0.5, 0.6) is 0 Å². The summed E-state index contributed by atoms with van der Waals surface area (Å²) < 4.78 is 12.4. The van der Waals surface area contributed by atoms with E-state index in [0.717, 1.165) is 32.1 Å². The van der Waals surface area contributed by atoms with Crippen LogP contribution in [0.4, 0.5) is 0 Å². The molecular weight excluding hydrogens is 484 g/mol. The van der Waals surface area contributed by atoms with Crippen LogP contribution in [0, 0.1) is 11.8 Å². The molecule has 214 valence electrons. The van der Waals surface area contributed by atoms with Crippen LogP contribution < -0.4 is 0 Å². The number of fused-ring (bicyclic) bond motifs is 1. The second-order valence-electron chi connectivity index (χ2n) is 11.2. The highest BCUT2D eigenvalue weighted by atomic mass is 16.6. The molecule has 0 aromatic heterocycles. The molecule has 0 radical (unpaired) electrons. The molecule has 3 rings (SSSR count). The van der Waals surface area contributed by atoms with E-state index >= 15 is 0 Å². The molecule has 6 atom stereocenters. The molecule has 0 aliphatic carbocycles. The summed E-state index contributed by atoms with van der Waals surface area (Å²) in [4.78, 5) is 45.6. The van der Waals surface area contributed by atoms with Gasteiger partial charge >= 0.3 is 5.97 Å². The largest absolute Gasteiger partial charge is 0.465 e. The number of unbranched alkanes of at least 4 members (excludes halogenated alkanes) is 3. The molecule has 3 aliphatic rings. The summed E-state index contributed by atoms with van der Waals surface area (Å²) in [6.45, 7) is 14.9. The maximum Gasteiger partial charge on any atom is 0.312 e. The lowest BCUT2D eigenvalue weighted by molar-refractivity contribution is -0.162. The van der Waals surface area contributed by atoms with Crippen molar-refractivity contribution in [2.45, 2.75) is 108 Å². The van der Waals surface area contributed by atoms with Crippen molar-refractivity contribution in [1.29, 1.82) is 0 Å². The van der Waals surface area contributed by atoms with Crippen molar-refractivity contribution in [2.75, 3.05) is 26.3 Å². The Hall–Kier alpha value is -2.19. The van der Waals surface area contributed by atoms with Crippen LogP contribution in [-0.2, 0) is 23.9 Å². The van der Waals surface area contributed by atoms with Gasteiger partial charge in [0.25, 0.3) is 0 Å². The van der Waals surface area contributed by atoms with Gasteiger partial charge in [0.1, 0.15) is 17.6 Å². The summed E-state index contributed by atoms with van der Waals surface area (Å²) in [5.41, 5.74) is -1.83. The minimum Gasteiger partial charge on any atom is -0.465 e. The van der Waals surface area contributed by atoms with E-state index in [2.05, 4.69) is 20.1 Å². The smallest absolute Gasteiger partial charge is 0.312 e. The van der Waals surface area contributed by atoms with E-state index in [9.17, 15) is 14.4 Å². The number of likely N-dealkylation sites (tertiary alicyclic amines) is 1. The second kappa shape index (κ2) is 13.2. The van der Waals surface area contributed by atoms with Gasteiger partial charge in [0.15, 0.2) is 0 Å². The zero-order valence-electron chi connectivity index (χ0n) is 23.7. The van der Waals surface area contributed by atoms with Gasteiger partial charge in [-0.05, 0) is 51.9 Å². The molecule has 1 spiro atoms. The van der Waals surface area contributed by atoms with Gasteiger partial charge < -0.3 is 24.4 Å².